The molecule has 2 aromatic rings. The third kappa shape index (κ3) is 4.28. The number of hydrogen-bond acceptors (Lipinski definition) is 2. The molecule has 0 aliphatic heterocycles. The summed E-state index contributed by atoms with van der Waals surface area (Å²) < 4.78 is 13.3. The fourth-order valence-electron chi connectivity index (χ4n) is 2.20. The van der Waals surface area contributed by atoms with Crippen LogP contribution in [0.1, 0.15) is 21.5 Å². The van der Waals surface area contributed by atoms with Crippen molar-refractivity contribution in [1.82, 2.24) is 4.90 Å². The Balaban J connectivity index is 2.14. The number of hydrogen-bond donors (Lipinski definition) is 1. The first-order valence-corrected chi connectivity index (χ1v) is 6.78. The Morgan fingerprint density at radius 2 is 2.00 bits per heavy atom. The number of rotatable bonds is 5. The number of halogens is 2. The number of nitrogens with zero attached hydrogens (tertiary/aromatic N) is 1. The van der Waals surface area contributed by atoms with Crippen LogP contribution in [-0.4, -0.2) is 23.0 Å². The smallest absolute Gasteiger partial charge is 0.336 e. The van der Waals surface area contributed by atoms with E-state index in [1.54, 1.807) is 6.07 Å². The highest BCUT2D eigenvalue weighted by Crippen LogP contribution is 2.16. The van der Waals surface area contributed by atoms with Crippen molar-refractivity contribution in [3.63, 3.8) is 0 Å². The Hall–Kier alpha value is -1.91. The summed E-state index contributed by atoms with van der Waals surface area (Å²) in [5.74, 6) is -1.49. The number of benzene rings is 2. The van der Waals surface area contributed by atoms with Crippen molar-refractivity contribution >= 4 is 17.6 Å². The molecule has 0 aliphatic rings. The quantitative estimate of drug-likeness (QED) is 0.913. The molecule has 0 aliphatic carbocycles. The lowest BCUT2D eigenvalue weighted by molar-refractivity contribution is 0.0694. The monoisotopic (exact) mass is 307 g/mol. The molecule has 0 atom stereocenters. The fraction of sp³-hybridized carbons (Fsp3) is 0.188. The molecule has 0 saturated carbocycles. The van der Waals surface area contributed by atoms with Gasteiger partial charge in [0.05, 0.1) is 5.56 Å². The molecule has 0 saturated heterocycles. The molecule has 0 aromatic heterocycles. The van der Waals surface area contributed by atoms with Crippen LogP contribution in [0.5, 0.6) is 0 Å². The molecule has 21 heavy (non-hydrogen) atoms. The van der Waals surface area contributed by atoms with E-state index in [1.807, 2.05) is 30.1 Å². The van der Waals surface area contributed by atoms with E-state index >= 15 is 0 Å². The van der Waals surface area contributed by atoms with E-state index in [0.717, 1.165) is 11.6 Å². The predicted molar refractivity (Wildman–Crippen MR) is 80.0 cm³/mol. The number of carbonyl (C=O) groups is 1. The molecule has 1 N–H and O–H groups in total. The Morgan fingerprint density at radius 3 is 2.67 bits per heavy atom. The standard InChI is InChI=1S/C16H15ClFNO2/c1-19(9-11-3-2-4-13(17)7-11)10-12-8-14(18)5-6-15(12)16(20)21/h2-8H,9-10H2,1H3,(H,20,21). The molecule has 0 unspecified atom stereocenters. The van der Waals surface area contributed by atoms with Gasteiger partial charge in [-0.25, -0.2) is 9.18 Å². The zero-order valence-electron chi connectivity index (χ0n) is 11.5. The van der Waals surface area contributed by atoms with Gasteiger partial charge >= 0.3 is 5.97 Å². The molecular formula is C16H15ClFNO2. The van der Waals surface area contributed by atoms with E-state index in [2.05, 4.69) is 0 Å². The summed E-state index contributed by atoms with van der Waals surface area (Å²) in [5, 5.41) is 9.79. The maximum atomic E-state index is 13.3. The second-order valence-electron chi connectivity index (χ2n) is 4.91. The fourth-order valence-corrected chi connectivity index (χ4v) is 2.41. The average molecular weight is 308 g/mol. The summed E-state index contributed by atoms with van der Waals surface area (Å²) in [4.78, 5) is 13.1. The average Bonchev–Trinajstić information content (AvgIpc) is 2.38. The minimum Gasteiger partial charge on any atom is -0.478 e. The van der Waals surface area contributed by atoms with Gasteiger partial charge in [0, 0.05) is 18.1 Å². The van der Waals surface area contributed by atoms with Crippen LogP contribution < -0.4 is 0 Å². The molecule has 0 fully saturated rings. The maximum absolute atomic E-state index is 13.3. The van der Waals surface area contributed by atoms with Gasteiger partial charge < -0.3 is 5.11 Å². The van der Waals surface area contributed by atoms with Crippen molar-refractivity contribution in [1.29, 1.82) is 0 Å². The summed E-state index contributed by atoms with van der Waals surface area (Å²) in [6, 6.07) is 11.1. The summed E-state index contributed by atoms with van der Waals surface area (Å²) in [6.45, 7) is 0.933. The topological polar surface area (TPSA) is 40.5 Å². The zero-order chi connectivity index (χ0) is 15.4. The van der Waals surface area contributed by atoms with Crippen molar-refractivity contribution in [2.45, 2.75) is 13.1 Å². The minimum absolute atomic E-state index is 0.120. The summed E-state index contributed by atoms with van der Waals surface area (Å²) >= 11 is 5.93. The number of aromatic carboxylic acids is 1. The number of carboxylic acids is 1. The van der Waals surface area contributed by atoms with Crippen LogP contribution in [0.25, 0.3) is 0 Å². The van der Waals surface area contributed by atoms with Gasteiger partial charge in [0.2, 0.25) is 0 Å². The SMILES string of the molecule is CN(Cc1cccc(Cl)c1)Cc1cc(F)ccc1C(=O)O. The van der Waals surface area contributed by atoms with Crippen molar-refractivity contribution < 1.29 is 14.3 Å². The first kappa shape index (κ1) is 15.5. The van der Waals surface area contributed by atoms with Crippen molar-refractivity contribution in [2.24, 2.45) is 0 Å². The normalized spacial score (nSPS) is 10.9. The van der Waals surface area contributed by atoms with Gasteiger partial charge in [-0.2, -0.15) is 0 Å². The van der Waals surface area contributed by atoms with Crippen LogP contribution in [0.3, 0.4) is 0 Å². The van der Waals surface area contributed by atoms with Gasteiger partial charge in [0.1, 0.15) is 5.82 Å². The molecule has 0 radical (unpaired) electrons. The van der Waals surface area contributed by atoms with Gasteiger partial charge in [0.25, 0.3) is 0 Å². The van der Waals surface area contributed by atoms with Gasteiger partial charge in [0.15, 0.2) is 0 Å². The molecule has 3 nitrogen and oxygen atoms in total. The highest BCUT2D eigenvalue weighted by Gasteiger charge is 2.13. The van der Waals surface area contributed by atoms with Crippen LogP contribution in [-0.2, 0) is 13.1 Å². The molecular weight excluding hydrogens is 293 g/mol. The van der Waals surface area contributed by atoms with E-state index in [0.29, 0.717) is 23.7 Å². The van der Waals surface area contributed by atoms with E-state index in [9.17, 15) is 9.18 Å². The van der Waals surface area contributed by atoms with Gasteiger partial charge in [-0.05, 0) is 48.5 Å². The minimum atomic E-state index is -1.05. The lowest BCUT2D eigenvalue weighted by atomic mass is 10.1. The van der Waals surface area contributed by atoms with Crippen molar-refractivity contribution in [2.75, 3.05) is 7.05 Å². The Morgan fingerprint density at radius 1 is 1.24 bits per heavy atom. The van der Waals surface area contributed by atoms with E-state index in [4.69, 9.17) is 16.7 Å². The summed E-state index contributed by atoms with van der Waals surface area (Å²) in [6.07, 6.45) is 0. The van der Waals surface area contributed by atoms with Gasteiger partial charge in [-0.3, -0.25) is 4.90 Å². The van der Waals surface area contributed by atoms with E-state index in [-0.39, 0.29) is 5.56 Å². The third-order valence-corrected chi connectivity index (χ3v) is 3.31. The zero-order valence-corrected chi connectivity index (χ0v) is 12.3. The van der Waals surface area contributed by atoms with E-state index in [1.165, 1.54) is 12.1 Å². The predicted octanol–water partition coefficient (Wildman–Crippen LogP) is 3.81. The lowest BCUT2D eigenvalue weighted by Crippen LogP contribution is -2.19. The summed E-state index contributed by atoms with van der Waals surface area (Å²) in [7, 11) is 1.84. The Labute approximate surface area is 127 Å². The van der Waals surface area contributed by atoms with Gasteiger partial charge in [-0.1, -0.05) is 23.7 Å². The second kappa shape index (κ2) is 6.70. The maximum Gasteiger partial charge on any atom is 0.336 e. The molecule has 0 amide bonds. The van der Waals surface area contributed by atoms with Crippen LogP contribution in [0, 0.1) is 5.82 Å². The molecule has 0 spiro atoms. The second-order valence-corrected chi connectivity index (χ2v) is 5.35. The largest absolute Gasteiger partial charge is 0.478 e. The van der Waals surface area contributed by atoms with E-state index < -0.39 is 11.8 Å². The highest BCUT2D eigenvalue weighted by atomic mass is 35.5. The number of carboxylic acid groups (broad SMARTS) is 1. The molecule has 2 aromatic carbocycles. The molecule has 0 bridgehead atoms. The first-order chi connectivity index (χ1) is 9.95. The molecule has 2 rings (SSSR count). The van der Waals surface area contributed by atoms with Crippen LogP contribution in [0.15, 0.2) is 42.5 Å². The van der Waals surface area contributed by atoms with Crippen LogP contribution >= 0.6 is 11.6 Å². The first-order valence-electron chi connectivity index (χ1n) is 6.40. The molecule has 110 valence electrons. The molecule has 0 heterocycles. The lowest BCUT2D eigenvalue weighted by Gasteiger charge is -2.18. The molecule has 5 heteroatoms. The highest BCUT2D eigenvalue weighted by molar-refractivity contribution is 6.30. The van der Waals surface area contributed by atoms with Crippen LogP contribution in [0.2, 0.25) is 5.02 Å². The third-order valence-electron chi connectivity index (χ3n) is 3.08. The van der Waals surface area contributed by atoms with Crippen molar-refractivity contribution in [3.8, 4) is 0 Å². The summed E-state index contributed by atoms with van der Waals surface area (Å²) in [5.41, 5.74) is 1.58. The Kier molecular flexibility index (Phi) is 4.94. The van der Waals surface area contributed by atoms with Crippen molar-refractivity contribution in [3.05, 3.63) is 70.0 Å². The Bertz CT molecular complexity index is 660. The van der Waals surface area contributed by atoms with Crippen LogP contribution in [0.4, 0.5) is 4.39 Å². The van der Waals surface area contributed by atoms with Gasteiger partial charge in [-0.15, -0.1) is 0 Å².